The van der Waals surface area contributed by atoms with Crippen LogP contribution in [0.3, 0.4) is 0 Å². The standard InChI is InChI=1S/C17H15N3O2S/c1-19-16(22)14(18-17(19)23)9-13-7-8-15(21)20(11-13)10-12-5-3-2-4-6-12/h2-8,11H,9-10H2,1H3. The maximum absolute atomic E-state index is 12.0. The lowest BCUT2D eigenvalue weighted by Gasteiger charge is -2.09. The molecule has 1 aromatic heterocycles. The molecule has 116 valence electrons. The molecule has 1 amide bonds. The van der Waals surface area contributed by atoms with Crippen LogP contribution in [0.4, 0.5) is 0 Å². The third-order valence-corrected chi connectivity index (χ3v) is 4.05. The number of thiocarbonyl (C=S) groups is 1. The Morgan fingerprint density at radius 3 is 2.43 bits per heavy atom. The fourth-order valence-corrected chi connectivity index (χ4v) is 2.61. The second-order valence-electron chi connectivity index (χ2n) is 5.37. The Kier molecular flexibility index (Phi) is 4.16. The molecule has 1 aliphatic rings. The third-order valence-electron chi connectivity index (χ3n) is 3.68. The molecule has 3 rings (SSSR count). The number of rotatable bonds is 4. The van der Waals surface area contributed by atoms with Gasteiger partial charge in [-0.3, -0.25) is 14.5 Å². The number of carbonyl (C=O) groups excluding carboxylic acids is 1. The van der Waals surface area contributed by atoms with Crippen LogP contribution in [-0.2, 0) is 17.8 Å². The van der Waals surface area contributed by atoms with Gasteiger partial charge < -0.3 is 4.57 Å². The van der Waals surface area contributed by atoms with Gasteiger partial charge in [-0.25, -0.2) is 4.99 Å². The van der Waals surface area contributed by atoms with E-state index in [4.69, 9.17) is 12.2 Å². The first-order chi connectivity index (χ1) is 11.0. The van der Waals surface area contributed by atoms with Crippen molar-refractivity contribution in [1.82, 2.24) is 9.47 Å². The van der Waals surface area contributed by atoms with E-state index in [1.807, 2.05) is 30.3 Å². The van der Waals surface area contributed by atoms with E-state index in [2.05, 4.69) is 4.99 Å². The molecule has 0 N–H and O–H groups in total. The first kappa shape index (κ1) is 15.3. The molecular weight excluding hydrogens is 310 g/mol. The highest BCUT2D eigenvalue weighted by Crippen LogP contribution is 2.10. The minimum atomic E-state index is -0.184. The van der Waals surface area contributed by atoms with Gasteiger partial charge >= 0.3 is 0 Å². The molecule has 0 saturated carbocycles. The Morgan fingerprint density at radius 1 is 1.04 bits per heavy atom. The number of hydrogen-bond acceptors (Lipinski definition) is 3. The third kappa shape index (κ3) is 3.27. The molecule has 0 fully saturated rings. The van der Waals surface area contributed by atoms with Gasteiger partial charge in [0.15, 0.2) is 0 Å². The fourth-order valence-electron chi connectivity index (χ4n) is 2.42. The minimum absolute atomic E-state index is 0.0788. The highest BCUT2D eigenvalue weighted by atomic mass is 32.1. The maximum atomic E-state index is 12.0. The Morgan fingerprint density at radius 2 is 1.78 bits per heavy atom. The smallest absolute Gasteiger partial charge is 0.274 e. The van der Waals surface area contributed by atoms with Crippen molar-refractivity contribution in [2.45, 2.75) is 13.0 Å². The van der Waals surface area contributed by atoms with Crippen LogP contribution < -0.4 is 5.56 Å². The van der Waals surface area contributed by atoms with Gasteiger partial charge in [0.1, 0.15) is 5.71 Å². The first-order valence-electron chi connectivity index (χ1n) is 7.17. The summed E-state index contributed by atoms with van der Waals surface area (Å²) in [5, 5.41) is 0.280. The van der Waals surface area contributed by atoms with Crippen LogP contribution in [0, 0.1) is 0 Å². The van der Waals surface area contributed by atoms with Gasteiger partial charge in [-0.2, -0.15) is 0 Å². The lowest BCUT2D eigenvalue weighted by molar-refractivity contribution is -0.119. The van der Waals surface area contributed by atoms with Gasteiger partial charge in [-0.05, 0) is 23.3 Å². The number of benzene rings is 1. The highest BCUT2D eigenvalue weighted by molar-refractivity contribution is 7.80. The Balaban J connectivity index is 1.84. The van der Waals surface area contributed by atoms with Crippen LogP contribution in [0.2, 0.25) is 0 Å². The summed E-state index contributed by atoms with van der Waals surface area (Å²) in [5.74, 6) is -0.184. The van der Waals surface area contributed by atoms with Gasteiger partial charge in [0.05, 0.1) is 6.54 Å². The highest BCUT2D eigenvalue weighted by Gasteiger charge is 2.26. The van der Waals surface area contributed by atoms with Crippen LogP contribution >= 0.6 is 12.2 Å². The van der Waals surface area contributed by atoms with E-state index in [9.17, 15) is 9.59 Å². The molecule has 0 atom stereocenters. The zero-order chi connectivity index (χ0) is 16.4. The molecular formula is C17H15N3O2S. The van der Waals surface area contributed by atoms with Crippen molar-refractivity contribution in [2.75, 3.05) is 7.05 Å². The van der Waals surface area contributed by atoms with E-state index in [1.54, 1.807) is 23.9 Å². The molecule has 1 aromatic carbocycles. The first-order valence-corrected chi connectivity index (χ1v) is 7.58. The number of carbonyl (C=O) groups is 1. The van der Waals surface area contributed by atoms with Crippen LogP contribution in [0.15, 0.2) is 58.4 Å². The molecule has 0 saturated heterocycles. The molecule has 6 heteroatoms. The lowest BCUT2D eigenvalue weighted by Crippen LogP contribution is -2.29. The number of aliphatic imine (C=N–C) groups is 1. The number of amides is 1. The topological polar surface area (TPSA) is 54.7 Å². The van der Waals surface area contributed by atoms with E-state index in [0.29, 0.717) is 18.7 Å². The van der Waals surface area contributed by atoms with Gasteiger partial charge in [-0.15, -0.1) is 0 Å². The van der Waals surface area contributed by atoms with Crippen LogP contribution in [-0.4, -0.2) is 33.2 Å². The molecule has 0 aliphatic carbocycles. The van der Waals surface area contributed by atoms with Crippen molar-refractivity contribution in [3.05, 3.63) is 70.1 Å². The second-order valence-corrected chi connectivity index (χ2v) is 5.74. The van der Waals surface area contributed by atoms with Crippen molar-refractivity contribution in [3.8, 4) is 0 Å². The molecule has 0 bridgehead atoms. The van der Waals surface area contributed by atoms with Crippen molar-refractivity contribution in [1.29, 1.82) is 0 Å². The van der Waals surface area contributed by atoms with Gasteiger partial charge in [0.25, 0.3) is 11.5 Å². The zero-order valence-electron chi connectivity index (χ0n) is 12.6. The predicted molar refractivity (Wildman–Crippen MR) is 92.8 cm³/mol. The van der Waals surface area contributed by atoms with Gasteiger partial charge in [0, 0.05) is 25.7 Å². The summed E-state index contributed by atoms with van der Waals surface area (Å²) in [5.41, 5.74) is 2.22. The van der Waals surface area contributed by atoms with Crippen molar-refractivity contribution < 1.29 is 4.79 Å². The minimum Gasteiger partial charge on any atom is -0.311 e. The Labute approximate surface area is 138 Å². The number of hydrogen-bond donors (Lipinski definition) is 0. The van der Waals surface area contributed by atoms with E-state index < -0.39 is 0 Å². The average molecular weight is 325 g/mol. The summed E-state index contributed by atoms with van der Waals surface area (Å²) in [4.78, 5) is 29.5. The van der Waals surface area contributed by atoms with Crippen LogP contribution in [0.25, 0.3) is 0 Å². The Hall–Kier alpha value is -2.60. The van der Waals surface area contributed by atoms with Gasteiger partial charge in [-0.1, -0.05) is 36.4 Å². The molecule has 0 spiro atoms. The molecule has 0 radical (unpaired) electrons. The summed E-state index contributed by atoms with van der Waals surface area (Å²) < 4.78 is 1.63. The normalized spacial score (nSPS) is 14.3. The van der Waals surface area contributed by atoms with Crippen molar-refractivity contribution in [3.63, 3.8) is 0 Å². The summed E-state index contributed by atoms with van der Waals surface area (Å²) in [7, 11) is 1.61. The zero-order valence-corrected chi connectivity index (χ0v) is 13.4. The Bertz CT molecular complexity index is 856. The van der Waals surface area contributed by atoms with Crippen LogP contribution in [0.1, 0.15) is 11.1 Å². The fraction of sp³-hybridized carbons (Fsp3) is 0.176. The lowest BCUT2D eigenvalue weighted by atomic mass is 10.1. The number of pyridine rings is 1. The van der Waals surface area contributed by atoms with Crippen LogP contribution in [0.5, 0.6) is 0 Å². The molecule has 23 heavy (non-hydrogen) atoms. The molecule has 2 heterocycles. The summed E-state index contributed by atoms with van der Waals surface area (Å²) in [6.45, 7) is 0.492. The van der Waals surface area contributed by atoms with E-state index in [1.165, 1.54) is 11.0 Å². The maximum Gasteiger partial charge on any atom is 0.274 e. The SMILES string of the molecule is CN1C(=O)C(Cc2ccc(=O)n(Cc3ccccc3)c2)=NC1=S. The van der Waals surface area contributed by atoms with Crippen molar-refractivity contribution in [2.24, 2.45) is 4.99 Å². The molecule has 5 nitrogen and oxygen atoms in total. The average Bonchev–Trinajstić information content (AvgIpc) is 2.79. The summed E-state index contributed by atoms with van der Waals surface area (Å²) >= 11 is 5.01. The predicted octanol–water partition coefficient (Wildman–Crippen LogP) is 1.64. The van der Waals surface area contributed by atoms with Crippen molar-refractivity contribution >= 4 is 28.9 Å². The summed E-state index contributed by atoms with van der Waals surface area (Å²) in [6.07, 6.45) is 2.13. The number of aromatic nitrogens is 1. The van der Waals surface area contributed by atoms with E-state index in [0.717, 1.165) is 11.1 Å². The molecule has 2 aromatic rings. The van der Waals surface area contributed by atoms with E-state index in [-0.39, 0.29) is 16.6 Å². The molecule has 1 aliphatic heterocycles. The van der Waals surface area contributed by atoms with Gasteiger partial charge in [0.2, 0.25) is 5.11 Å². The summed E-state index contributed by atoms with van der Waals surface area (Å²) in [6, 6.07) is 13.0. The second kappa shape index (κ2) is 6.26. The number of nitrogens with zero attached hydrogens (tertiary/aromatic N) is 3. The molecule has 0 unspecified atom stereocenters. The monoisotopic (exact) mass is 325 g/mol. The largest absolute Gasteiger partial charge is 0.311 e. The van der Waals surface area contributed by atoms with E-state index >= 15 is 0 Å². The quantitative estimate of drug-likeness (QED) is 0.803.